The van der Waals surface area contributed by atoms with E-state index in [4.69, 9.17) is 0 Å². The molecule has 0 heterocycles. The second kappa shape index (κ2) is 7.09. The van der Waals surface area contributed by atoms with Crippen molar-refractivity contribution in [3.05, 3.63) is 0 Å². The summed E-state index contributed by atoms with van der Waals surface area (Å²) in [7, 11) is -3.24. The Morgan fingerprint density at radius 2 is 1.94 bits per heavy atom. The van der Waals surface area contributed by atoms with Crippen LogP contribution in [0.2, 0.25) is 0 Å². The van der Waals surface area contributed by atoms with E-state index in [1.165, 1.54) is 0 Å². The van der Waals surface area contributed by atoms with Crippen LogP contribution in [0.1, 0.15) is 39.5 Å². The first kappa shape index (κ1) is 15.4. The number of rotatable bonds is 9. The molecule has 0 aromatic carbocycles. The normalized spacial score (nSPS) is 15.9. The van der Waals surface area contributed by atoms with E-state index in [2.05, 4.69) is 24.5 Å². The maximum absolute atomic E-state index is 11.7. The highest BCUT2D eigenvalue weighted by atomic mass is 32.2. The number of nitrogens with one attached hydrogen (secondary N) is 2. The average molecular weight is 276 g/mol. The van der Waals surface area contributed by atoms with Crippen LogP contribution in [0.25, 0.3) is 0 Å². The van der Waals surface area contributed by atoms with Gasteiger partial charge in [-0.05, 0) is 32.2 Å². The largest absolute Gasteiger partial charge is 0.352 e. The van der Waals surface area contributed by atoms with Crippen LogP contribution in [0, 0.1) is 0 Å². The maximum atomic E-state index is 11.7. The van der Waals surface area contributed by atoms with Gasteiger partial charge in [0.05, 0.1) is 5.75 Å². The third-order valence-corrected chi connectivity index (χ3v) is 4.34. The molecule has 0 aromatic rings. The molecule has 0 aliphatic heterocycles. The van der Waals surface area contributed by atoms with Gasteiger partial charge < -0.3 is 10.6 Å². The highest BCUT2D eigenvalue weighted by Crippen LogP contribution is 2.18. The molecule has 1 amide bonds. The molecule has 18 heavy (non-hydrogen) atoms. The highest BCUT2D eigenvalue weighted by molar-refractivity contribution is 7.92. The summed E-state index contributed by atoms with van der Waals surface area (Å²) in [5.41, 5.74) is 0. The molecule has 1 rings (SSSR count). The number of hydrogen-bond acceptors (Lipinski definition) is 4. The van der Waals surface area contributed by atoms with E-state index in [-0.39, 0.29) is 23.5 Å². The van der Waals surface area contributed by atoms with Crippen LogP contribution in [0.5, 0.6) is 0 Å². The smallest absolute Gasteiger partial charge is 0.235 e. The molecule has 0 unspecified atom stereocenters. The molecule has 0 saturated heterocycles. The maximum Gasteiger partial charge on any atom is 0.235 e. The monoisotopic (exact) mass is 276 g/mol. The van der Waals surface area contributed by atoms with Crippen molar-refractivity contribution in [2.45, 2.75) is 51.6 Å². The van der Waals surface area contributed by atoms with Gasteiger partial charge in [0, 0.05) is 12.1 Å². The minimum absolute atomic E-state index is 0.102. The number of carbonyl (C=O) groups is 1. The van der Waals surface area contributed by atoms with Gasteiger partial charge in [0.1, 0.15) is 5.75 Å². The van der Waals surface area contributed by atoms with Crippen LogP contribution in [0.4, 0.5) is 0 Å². The molecule has 2 N–H and O–H groups in total. The number of amides is 1. The molecule has 1 fully saturated rings. The van der Waals surface area contributed by atoms with Crippen LogP contribution in [0.3, 0.4) is 0 Å². The molecule has 6 heteroatoms. The first-order valence-electron chi connectivity index (χ1n) is 6.62. The molecule has 0 aromatic heterocycles. The third-order valence-electron chi connectivity index (χ3n) is 2.73. The third kappa shape index (κ3) is 7.66. The minimum Gasteiger partial charge on any atom is -0.352 e. The number of sulfone groups is 1. The molecule has 1 saturated carbocycles. The van der Waals surface area contributed by atoms with Crippen molar-refractivity contribution in [3.63, 3.8) is 0 Å². The first-order valence-corrected chi connectivity index (χ1v) is 8.44. The van der Waals surface area contributed by atoms with Gasteiger partial charge in [-0.2, -0.15) is 0 Å². The summed E-state index contributed by atoms with van der Waals surface area (Å²) < 4.78 is 23.3. The van der Waals surface area contributed by atoms with Crippen molar-refractivity contribution in [3.8, 4) is 0 Å². The number of unbranched alkanes of at least 4 members (excludes halogenated alkanes) is 1. The Hall–Kier alpha value is -0.620. The van der Waals surface area contributed by atoms with Crippen LogP contribution < -0.4 is 10.6 Å². The fraction of sp³-hybridized carbons (Fsp3) is 0.917. The zero-order chi connectivity index (χ0) is 13.6. The summed E-state index contributed by atoms with van der Waals surface area (Å²) in [4.78, 5) is 11.4. The van der Waals surface area contributed by atoms with Gasteiger partial charge in [0.2, 0.25) is 5.91 Å². The minimum atomic E-state index is -3.24. The van der Waals surface area contributed by atoms with Crippen molar-refractivity contribution in [1.29, 1.82) is 0 Å². The van der Waals surface area contributed by atoms with E-state index in [1.54, 1.807) is 0 Å². The number of hydrogen-bond donors (Lipinski definition) is 2. The van der Waals surface area contributed by atoms with E-state index in [9.17, 15) is 13.2 Å². The fourth-order valence-electron chi connectivity index (χ4n) is 1.61. The Morgan fingerprint density at radius 3 is 2.50 bits per heavy atom. The zero-order valence-corrected chi connectivity index (χ0v) is 12.1. The van der Waals surface area contributed by atoms with Gasteiger partial charge in [0.25, 0.3) is 0 Å². The predicted octanol–water partition coefficient (Wildman–Crippen LogP) is 0.458. The molecule has 0 spiro atoms. The van der Waals surface area contributed by atoms with Crippen LogP contribution in [-0.2, 0) is 14.6 Å². The van der Waals surface area contributed by atoms with Crippen LogP contribution >= 0.6 is 0 Å². The van der Waals surface area contributed by atoms with E-state index in [1.807, 2.05) is 0 Å². The van der Waals surface area contributed by atoms with Gasteiger partial charge in [-0.15, -0.1) is 0 Å². The predicted molar refractivity (Wildman–Crippen MR) is 72.2 cm³/mol. The van der Waals surface area contributed by atoms with Crippen molar-refractivity contribution in [2.24, 2.45) is 0 Å². The SMILES string of the molecule is CC(C)NCCCCS(=O)(=O)CC(=O)NC1CC1. The fourth-order valence-corrected chi connectivity index (χ4v) is 2.88. The van der Waals surface area contributed by atoms with Gasteiger partial charge >= 0.3 is 0 Å². The van der Waals surface area contributed by atoms with E-state index < -0.39 is 9.84 Å². The summed E-state index contributed by atoms with van der Waals surface area (Å²) in [5.74, 6) is -0.607. The topological polar surface area (TPSA) is 75.3 Å². The lowest BCUT2D eigenvalue weighted by atomic mass is 10.3. The highest BCUT2D eigenvalue weighted by Gasteiger charge is 2.25. The van der Waals surface area contributed by atoms with Crippen LogP contribution in [-0.4, -0.2) is 44.5 Å². The van der Waals surface area contributed by atoms with Gasteiger partial charge in [-0.25, -0.2) is 8.42 Å². The summed E-state index contributed by atoms with van der Waals surface area (Å²) in [6, 6.07) is 0.647. The van der Waals surface area contributed by atoms with Gasteiger partial charge in [0.15, 0.2) is 9.84 Å². The second-order valence-corrected chi connectivity index (χ2v) is 7.43. The quantitative estimate of drug-likeness (QED) is 0.600. The zero-order valence-electron chi connectivity index (χ0n) is 11.2. The van der Waals surface area contributed by atoms with E-state index >= 15 is 0 Å². The van der Waals surface area contributed by atoms with Crippen molar-refractivity contribution in [2.75, 3.05) is 18.1 Å². The molecule has 5 nitrogen and oxygen atoms in total. The Bertz CT molecular complexity index is 362. The van der Waals surface area contributed by atoms with E-state index in [0.29, 0.717) is 12.5 Å². The molecule has 0 bridgehead atoms. The first-order chi connectivity index (χ1) is 8.39. The van der Waals surface area contributed by atoms with Crippen molar-refractivity contribution >= 4 is 15.7 Å². The summed E-state index contributed by atoms with van der Waals surface area (Å²) >= 11 is 0. The molecule has 0 atom stereocenters. The van der Waals surface area contributed by atoms with Gasteiger partial charge in [-0.1, -0.05) is 13.8 Å². The summed E-state index contributed by atoms with van der Waals surface area (Å²) in [5, 5.41) is 5.93. The summed E-state index contributed by atoms with van der Waals surface area (Å²) in [6.45, 7) is 4.93. The molecular formula is C12H24N2O3S. The Morgan fingerprint density at radius 1 is 1.28 bits per heavy atom. The van der Waals surface area contributed by atoms with E-state index in [0.717, 1.165) is 25.8 Å². The Balaban J connectivity index is 2.12. The average Bonchev–Trinajstić information content (AvgIpc) is 2.99. The standard InChI is InChI=1S/C12H24N2O3S/c1-10(2)13-7-3-4-8-18(16,17)9-12(15)14-11-5-6-11/h10-11,13H,3-9H2,1-2H3,(H,14,15). The Kier molecular flexibility index (Phi) is 6.08. The molecule has 1 aliphatic carbocycles. The lowest BCUT2D eigenvalue weighted by Crippen LogP contribution is -2.32. The van der Waals surface area contributed by atoms with Crippen molar-refractivity contribution in [1.82, 2.24) is 10.6 Å². The van der Waals surface area contributed by atoms with Gasteiger partial charge in [-0.3, -0.25) is 4.79 Å². The summed E-state index contributed by atoms with van der Waals surface area (Å²) in [6.07, 6.45) is 3.39. The van der Waals surface area contributed by atoms with Crippen molar-refractivity contribution < 1.29 is 13.2 Å². The molecule has 1 aliphatic rings. The molecule has 0 radical (unpaired) electrons. The second-order valence-electron chi connectivity index (χ2n) is 5.25. The lowest BCUT2D eigenvalue weighted by Gasteiger charge is -2.08. The van der Waals surface area contributed by atoms with Crippen LogP contribution in [0.15, 0.2) is 0 Å². The lowest BCUT2D eigenvalue weighted by molar-refractivity contribution is -0.118. The Labute approximate surface area is 110 Å². The molecule has 106 valence electrons. The molecular weight excluding hydrogens is 252 g/mol. The number of carbonyl (C=O) groups excluding carboxylic acids is 1.